The molecule has 2 aromatic carbocycles. The molecule has 0 amide bonds. The van der Waals surface area contributed by atoms with Crippen LogP contribution in [0.4, 0.5) is 5.82 Å². The summed E-state index contributed by atoms with van der Waals surface area (Å²) in [5, 5.41) is 8.48. The molecular formula is C19H18IN3. The fourth-order valence-corrected chi connectivity index (χ4v) is 3.72. The number of rotatable bonds is 2. The number of anilines is 1. The van der Waals surface area contributed by atoms with Gasteiger partial charge in [0.15, 0.2) is 0 Å². The first-order valence-electron chi connectivity index (χ1n) is 7.83. The highest BCUT2D eigenvalue weighted by molar-refractivity contribution is 14.1. The third kappa shape index (κ3) is 2.45. The van der Waals surface area contributed by atoms with Crippen LogP contribution in [-0.2, 0) is 6.42 Å². The highest BCUT2D eigenvalue weighted by atomic mass is 127. The van der Waals surface area contributed by atoms with Gasteiger partial charge in [-0.05, 0) is 72.2 Å². The van der Waals surface area contributed by atoms with Crippen LogP contribution in [0.1, 0.15) is 16.7 Å². The second-order valence-corrected chi connectivity index (χ2v) is 7.24. The van der Waals surface area contributed by atoms with Gasteiger partial charge >= 0.3 is 0 Å². The van der Waals surface area contributed by atoms with Crippen molar-refractivity contribution in [3.63, 3.8) is 0 Å². The largest absolute Gasteiger partial charge is 0.369 e. The average Bonchev–Trinajstić information content (AvgIpc) is 3.12. The number of benzene rings is 2. The van der Waals surface area contributed by atoms with Gasteiger partial charge in [-0.2, -0.15) is 5.10 Å². The average molecular weight is 415 g/mol. The highest BCUT2D eigenvalue weighted by Crippen LogP contribution is 2.35. The quantitative estimate of drug-likeness (QED) is 0.614. The van der Waals surface area contributed by atoms with Crippen LogP contribution in [0, 0.1) is 17.4 Å². The molecule has 1 aliphatic heterocycles. The van der Waals surface area contributed by atoms with Crippen LogP contribution in [0.5, 0.6) is 0 Å². The Kier molecular flexibility index (Phi) is 3.64. The number of nitrogens with one attached hydrogen (secondary N) is 1. The van der Waals surface area contributed by atoms with E-state index in [1.54, 1.807) is 0 Å². The number of hydrogen-bond acceptors (Lipinski definition) is 2. The van der Waals surface area contributed by atoms with Crippen LogP contribution in [0.2, 0.25) is 0 Å². The van der Waals surface area contributed by atoms with Gasteiger partial charge in [-0.25, -0.2) is 4.68 Å². The number of fused-ring (bicyclic) bond motifs is 1. The third-order valence-corrected chi connectivity index (χ3v) is 5.22. The molecule has 0 bridgehead atoms. The van der Waals surface area contributed by atoms with Gasteiger partial charge in [-0.1, -0.05) is 24.3 Å². The molecule has 2 heterocycles. The van der Waals surface area contributed by atoms with Crippen LogP contribution >= 0.6 is 22.6 Å². The minimum absolute atomic E-state index is 0.981. The Labute approximate surface area is 149 Å². The fourth-order valence-electron chi connectivity index (χ4n) is 3.18. The number of hydrogen-bond donors (Lipinski definition) is 1. The minimum atomic E-state index is 0.981. The summed E-state index contributed by atoms with van der Waals surface area (Å²) in [6.45, 7) is 5.30. The molecule has 4 rings (SSSR count). The van der Waals surface area contributed by atoms with E-state index in [1.807, 2.05) is 0 Å². The van der Waals surface area contributed by atoms with Crippen molar-refractivity contribution in [2.24, 2.45) is 0 Å². The Morgan fingerprint density at radius 1 is 1.13 bits per heavy atom. The molecule has 0 saturated heterocycles. The van der Waals surface area contributed by atoms with Gasteiger partial charge in [-0.15, -0.1) is 0 Å². The second-order valence-electron chi connectivity index (χ2n) is 5.99. The van der Waals surface area contributed by atoms with Crippen LogP contribution in [0.15, 0.2) is 42.5 Å². The van der Waals surface area contributed by atoms with Gasteiger partial charge in [0.05, 0.1) is 11.4 Å². The Bertz CT molecular complexity index is 896. The lowest BCUT2D eigenvalue weighted by atomic mass is 10.1. The van der Waals surface area contributed by atoms with Crippen molar-refractivity contribution in [1.29, 1.82) is 0 Å². The molecular weight excluding hydrogens is 397 g/mol. The van der Waals surface area contributed by atoms with Gasteiger partial charge in [0.1, 0.15) is 5.82 Å². The standard InChI is InChI=1S/C19H18IN3/c1-12-5-3-8-17(13(12)2)23-19-16(9-10-21-19)18(22-23)14-6-4-7-15(20)11-14/h3-8,11,21H,9-10H2,1-2H3. The van der Waals surface area contributed by atoms with Gasteiger partial charge < -0.3 is 5.32 Å². The second kappa shape index (κ2) is 5.67. The van der Waals surface area contributed by atoms with Crippen molar-refractivity contribution < 1.29 is 0 Å². The van der Waals surface area contributed by atoms with Crippen molar-refractivity contribution in [2.75, 3.05) is 11.9 Å². The Morgan fingerprint density at radius 2 is 1.96 bits per heavy atom. The van der Waals surface area contributed by atoms with Gasteiger partial charge in [0, 0.05) is 21.2 Å². The molecule has 0 spiro atoms. The van der Waals surface area contributed by atoms with Crippen molar-refractivity contribution in [3.05, 3.63) is 62.7 Å². The molecule has 0 unspecified atom stereocenters. The maximum atomic E-state index is 4.97. The molecule has 1 N–H and O–H groups in total. The zero-order valence-electron chi connectivity index (χ0n) is 13.2. The van der Waals surface area contributed by atoms with Crippen molar-refractivity contribution in [3.8, 4) is 16.9 Å². The van der Waals surface area contributed by atoms with E-state index in [9.17, 15) is 0 Å². The van der Waals surface area contributed by atoms with E-state index in [0.29, 0.717) is 0 Å². The number of nitrogens with zero attached hydrogens (tertiary/aromatic N) is 2. The molecule has 4 heteroatoms. The predicted octanol–water partition coefficient (Wildman–Crippen LogP) is 4.73. The number of aromatic nitrogens is 2. The van der Waals surface area contributed by atoms with Crippen LogP contribution in [-0.4, -0.2) is 16.3 Å². The fraction of sp³-hybridized carbons (Fsp3) is 0.211. The normalized spacial score (nSPS) is 13.0. The molecule has 0 saturated carbocycles. The maximum absolute atomic E-state index is 4.97. The summed E-state index contributed by atoms with van der Waals surface area (Å²) in [5.74, 6) is 1.15. The van der Waals surface area contributed by atoms with E-state index in [4.69, 9.17) is 5.10 Å². The van der Waals surface area contributed by atoms with Crippen molar-refractivity contribution >= 4 is 28.4 Å². The predicted molar refractivity (Wildman–Crippen MR) is 103 cm³/mol. The van der Waals surface area contributed by atoms with Crippen LogP contribution in [0.25, 0.3) is 16.9 Å². The molecule has 0 radical (unpaired) electrons. The monoisotopic (exact) mass is 415 g/mol. The van der Waals surface area contributed by atoms with Gasteiger partial charge in [0.25, 0.3) is 0 Å². The number of halogens is 1. The summed E-state index contributed by atoms with van der Waals surface area (Å²) in [5.41, 5.74) is 7.35. The molecule has 0 fully saturated rings. The molecule has 0 atom stereocenters. The van der Waals surface area contributed by atoms with Crippen molar-refractivity contribution in [1.82, 2.24) is 9.78 Å². The lowest BCUT2D eigenvalue weighted by Crippen LogP contribution is -2.06. The Hall–Kier alpha value is -1.82. The van der Waals surface area contributed by atoms with E-state index >= 15 is 0 Å². The number of aryl methyl sites for hydroxylation is 1. The Balaban J connectivity index is 1.93. The third-order valence-electron chi connectivity index (χ3n) is 4.55. The molecule has 23 heavy (non-hydrogen) atoms. The SMILES string of the molecule is Cc1cccc(-n2nc(-c3cccc(I)c3)c3c2NCC3)c1C. The molecule has 1 aliphatic rings. The van der Waals surface area contributed by atoms with Gasteiger partial charge in [0.2, 0.25) is 0 Å². The lowest BCUT2D eigenvalue weighted by Gasteiger charge is -2.11. The maximum Gasteiger partial charge on any atom is 0.133 e. The van der Waals surface area contributed by atoms with E-state index in [0.717, 1.165) is 30.2 Å². The molecule has 3 nitrogen and oxygen atoms in total. The summed E-state index contributed by atoms with van der Waals surface area (Å²) in [6, 6.07) is 15.0. The summed E-state index contributed by atoms with van der Waals surface area (Å²) in [4.78, 5) is 0. The van der Waals surface area contributed by atoms with Gasteiger partial charge in [-0.3, -0.25) is 0 Å². The zero-order chi connectivity index (χ0) is 16.0. The van der Waals surface area contributed by atoms with E-state index < -0.39 is 0 Å². The summed E-state index contributed by atoms with van der Waals surface area (Å²) in [7, 11) is 0. The smallest absolute Gasteiger partial charge is 0.133 e. The highest BCUT2D eigenvalue weighted by Gasteiger charge is 2.24. The molecule has 0 aliphatic carbocycles. The summed E-state index contributed by atoms with van der Waals surface area (Å²) < 4.78 is 3.32. The first-order chi connectivity index (χ1) is 11.1. The lowest BCUT2D eigenvalue weighted by molar-refractivity contribution is 0.873. The molecule has 116 valence electrons. The first kappa shape index (κ1) is 14.8. The first-order valence-corrected chi connectivity index (χ1v) is 8.91. The minimum Gasteiger partial charge on any atom is -0.369 e. The van der Waals surface area contributed by atoms with Crippen molar-refractivity contribution in [2.45, 2.75) is 20.3 Å². The topological polar surface area (TPSA) is 29.9 Å². The zero-order valence-corrected chi connectivity index (χ0v) is 15.4. The molecule has 1 aromatic heterocycles. The van der Waals surface area contributed by atoms with Crippen LogP contribution < -0.4 is 5.32 Å². The summed E-state index contributed by atoms with van der Waals surface area (Å²) in [6.07, 6.45) is 1.03. The Morgan fingerprint density at radius 3 is 2.78 bits per heavy atom. The van der Waals surface area contributed by atoms with E-state index in [2.05, 4.69) is 88.9 Å². The van der Waals surface area contributed by atoms with E-state index in [-0.39, 0.29) is 0 Å². The van der Waals surface area contributed by atoms with E-state index in [1.165, 1.54) is 25.8 Å². The summed E-state index contributed by atoms with van der Waals surface area (Å²) >= 11 is 2.36. The molecule has 3 aromatic rings. The van der Waals surface area contributed by atoms with Crippen LogP contribution in [0.3, 0.4) is 0 Å².